The minimum absolute atomic E-state index is 0.00856. The fraction of sp³-hybridized carbons (Fsp3) is 0.556. The number of nitrogens with zero attached hydrogens (tertiary/aromatic N) is 1. The van der Waals surface area contributed by atoms with E-state index in [1.807, 2.05) is 13.8 Å². The molecule has 4 heteroatoms. The molecular formula is C9H14N2O2. The van der Waals surface area contributed by atoms with Gasteiger partial charge >= 0.3 is 5.97 Å². The Morgan fingerprint density at radius 3 is 2.23 bits per heavy atom. The molecule has 13 heavy (non-hydrogen) atoms. The number of nitriles is 1. The molecule has 4 nitrogen and oxygen atoms in total. The fourth-order valence-electron chi connectivity index (χ4n) is 1.17. The van der Waals surface area contributed by atoms with Crippen LogP contribution in [0.3, 0.4) is 0 Å². The van der Waals surface area contributed by atoms with Gasteiger partial charge in [-0.15, -0.1) is 0 Å². The molecule has 0 amide bonds. The Kier molecular flexibility index (Phi) is 4.60. The smallest absolute Gasteiger partial charge is 0.348 e. The van der Waals surface area contributed by atoms with E-state index in [0.29, 0.717) is 0 Å². The molecule has 0 aliphatic carbocycles. The van der Waals surface area contributed by atoms with Gasteiger partial charge in [0.15, 0.2) is 5.57 Å². The average Bonchev–Trinajstić information content (AvgIpc) is 2.07. The number of allylic oxidation sites excluding steroid dienone is 1. The van der Waals surface area contributed by atoms with E-state index in [-0.39, 0.29) is 17.2 Å². The summed E-state index contributed by atoms with van der Waals surface area (Å²) < 4.78 is 0. The van der Waals surface area contributed by atoms with Crippen LogP contribution in [0.2, 0.25) is 0 Å². The molecule has 0 aromatic rings. The fourth-order valence-corrected chi connectivity index (χ4v) is 1.17. The molecule has 0 aliphatic heterocycles. The zero-order chi connectivity index (χ0) is 10.4. The van der Waals surface area contributed by atoms with Gasteiger partial charge in [-0.3, -0.25) is 0 Å². The second-order valence-corrected chi connectivity index (χ2v) is 2.76. The second kappa shape index (κ2) is 5.20. The number of aliphatic carboxylic acids is 1. The molecule has 0 aromatic heterocycles. The Hall–Kier alpha value is -1.50. The van der Waals surface area contributed by atoms with Crippen molar-refractivity contribution in [1.82, 2.24) is 0 Å². The number of rotatable bonds is 4. The van der Waals surface area contributed by atoms with Crippen LogP contribution >= 0.6 is 0 Å². The van der Waals surface area contributed by atoms with Crippen LogP contribution in [0.1, 0.15) is 26.7 Å². The molecule has 3 N–H and O–H groups in total. The van der Waals surface area contributed by atoms with Crippen LogP contribution in [-0.4, -0.2) is 11.1 Å². The summed E-state index contributed by atoms with van der Waals surface area (Å²) in [5, 5.41) is 17.2. The van der Waals surface area contributed by atoms with Crippen molar-refractivity contribution in [2.75, 3.05) is 0 Å². The van der Waals surface area contributed by atoms with Crippen LogP contribution in [0.15, 0.2) is 11.3 Å². The van der Waals surface area contributed by atoms with E-state index in [1.165, 1.54) is 0 Å². The molecule has 0 heterocycles. The third kappa shape index (κ3) is 2.79. The van der Waals surface area contributed by atoms with E-state index in [0.717, 1.165) is 12.8 Å². The van der Waals surface area contributed by atoms with Gasteiger partial charge in [0, 0.05) is 5.70 Å². The highest BCUT2D eigenvalue weighted by atomic mass is 16.4. The first-order valence-electron chi connectivity index (χ1n) is 4.21. The lowest BCUT2D eigenvalue weighted by Crippen LogP contribution is -2.17. The molecule has 0 atom stereocenters. The maximum Gasteiger partial charge on any atom is 0.348 e. The van der Waals surface area contributed by atoms with E-state index in [2.05, 4.69) is 0 Å². The minimum atomic E-state index is -1.24. The highest BCUT2D eigenvalue weighted by Gasteiger charge is 2.17. The van der Waals surface area contributed by atoms with Crippen molar-refractivity contribution in [3.05, 3.63) is 11.3 Å². The Bertz CT molecular complexity index is 259. The number of hydrogen-bond acceptors (Lipinski definition) is 3. The molecule has 0 spiro atoms. The normalized spacial score (nSPS) is 12.2. The van der Waals surface area contributed by atoms with Gasteiger partial charge in [-0.05, 0) is 18.8 Å². The van der Waals surface area contributed by atoms with Crippen molar-refractivity contribution in [2.45, 2.75) is 26.7 Å². The summed E-state index contributed by atoms with van der Waals surface area (Å²) in [7, 11) is 0. The van der Waals surface area contributed by atoms with Crippen LogP contribution in [-0.2, 0) is 4.79 Å². The van der Waals surface area contributed by atoms with Crippen LogP contribution in [0, 0.1) is 17.2 Å². The summed E-state index contributed by atoms with van der Waals surface area (Å²) in [5.41, 5.74) is 5.44. The van der Waals surface area contributed by atoms with Crippen molar-refractivity contribution < 1.29 is 9.90 Å². The molecule has 0 aliphatic rings. The third-order valence-corrected chi connectivity index (χ3v) is 2.04. The summed E-state index contributed by atoms with van der Waals surface area (Å²) >= 11 is 0. The van der Waals surface area contributed by atoms with E-state index < -0.39 is 5.97 Å². The van der Waals surface area contributed by atoms with Crippen molar-refractivity contribution in [2.24, 2.45) is 11.7 Å². The first-order valence-corrected chi connectivity index (χ1v) is 4.21. The molecule has 0 fully saturated rings. The van der Waals surface area contributed by atoms with Crippen LogP contribution in [0.5, 0.6) is 0 Å². The van der Waals surface area contributed by atoms with Gasteiger partial charge in [-0.1, -0.05) is 13.8 Å². The molecule has 0 radical (unpaired) electrons. The molecule has 0 rings (SSSR count). The Labute approximate surface area is 77.7 Å². The first-order chi connectivity index (χ1) is 6.08. The van der Waals surface area contributed by atoms with Gasteiger partial charge < -0.3 is 10.8 Å². The molecular weight excluding hydrogens is 168 g/mol. The number of carboxylic acids is 1. The van der Waals surface area contributed by atoms with Gasteiger partial charge in [0.25, 0.3) is 0 Å². The predicted octanol–water partition coefficient (Wildman–Crippen LogP) is 1.24. The van der Waals surface area contributed by atoms with Crippen molar-refractivity contribution in [3.63, 3.8) is 0 Å². The van der Waals surface area contributed by atoms with Crippen molar-refractivity contribution in [1.29, 1.82) is 5.26 Å². The largest absolute Gasteiger partial charge is 0.477 e. The predicted molar refractivity (Wildman–Crippen MR) is 48.5 cm³/mol. The molecule has 0 unspecified atom stereocenters. The maximum absolute atomic E-state index is 10.5. The first kappa shape index (κ1) is 11.5. The highest BCUT2D eigenvalue weighted by Crippen LogP contribution is 2.17. The lowest BCUT2D eigenvalue weighted by molar-refractivity contribution is -0.132. The van der Waals surface area contributed by atoms with E-state index in [4.69, 9.17) is 16.1 Å². The van der Waals surface area contributed by atoms with Gasteiger partial charge in [0.2, 0.25) is 0 Å². The number of carboxylic acid groups (broad SMARTS) is 1. The third-order valence-electron chi connectivity index (χ3n) is 2.04. The van der Waals surface area contributed by atoms with Gasteiger partial charge in [-0.25, -0.2) is 4.79 Å². The van der Waals surface area contributed by atoms with Gasteiger partial charge in [0.1, 0.15) is 6.07 Å². The number of nitrogens with two attached hydrogens (primary N) is 1. The Morgan fingerprint density at radius 1 is 1.54 bits per heavy atom. The molecule has 0 bridgehead atoms. The minimum Gasteiger partial charge on any atom is -0.477 e. The standard InChI is InChI=1S/C9H14N2O2/c1-3-6(4-2)8(11)7(5-10)9(12)13/h6H,3-4,11H2,1-2H3,(H,12,13)/b8-7+. The van der Waals surface area contributed by atoms with Crippen LogP contribution in [0.4, 0.5) is 0 Å². The highest BCUT2D eigenvalue weighted by molar-refractivity contribution is 5.91. The Balaban J connectivity index is 4.96. The molecule has 0 aromatic carbocycles. The lowest BCUT2D eigenvalue weighted by atomic mass is 9.96. The number of carbonyl (C=O) groups is 1. The summed E-state index contributed by atoms with van der Waals surface area (Å²) in [6.07, 6.45) is 1.50. The summed E-state index contributed by atoms with van der Waals surface area (Å²) in [5.74, 6) is -1.25. The zero-order valence-electron chi connectivity index (χ0n) is 7.87. The van der Waals surface area contributed by atoms with Gasteiger partial charge in [0.05, 0.1) is 0 Å². The lowest BCUT2D eigenvalue weighted by Gasteiger charge is -2.12. The van der Waals surface area contributed by atoms with Crippen LogP contribution in [0.25, 0.3) is 0 Å². The SMILES string of the molecule is CCC(CC)/C(N)=C(/C#N)C(=O)O. The topological polar surface area (TPSA) is 87.1 Å². The van der Waals surface area contributed by atoms with E-state index in [9.17, 15) is 4.79 Å². The average molecular weight is 182 g/mol. The second-order valence-electron chi connectivity index (χ2n) is 2.76. The van der Waals surface area contributed by atoms with E-state index >= 15 is 0 Å². The molecule has 72 valence electrons. The van der Waals surface area contributed by atoms with Crippen molar-refractivity contribution in [3.8, 4) is 6.07 Å². The van der Waals surface area contributed by atoms with E-state index in [1.54, 1.807) is 6.07 Å². The zero-order valence-corrected chi connectivity index (χ0v) is 7.87. The molecule has 0 saturated heterocycles. The van der Waals surface area contributed by atoms with Crippen LogP contribution < -0.4 is 5.73 Å². The van der Waals surface area contributed by atoms with Crippen molar-refractivity contribution >= 4 is 5.97 Å². The van der Waals surface area contributed by atoms with Gasteiger partial charge in [-0.2, -0.15) is 5.26 Å². The summed E-state index contributed by atoms with van der Waals surface area (Å²) in [6.45, 7) is 3.83. The monoisotopic (exact) mass is 182 g/mol. The summed E-state index contributed by atoms with van der Waals surface area (Å²) in [6, 6.07) is 1.61. The molecule has 0 saturated carbocycles. The summed E-state index contributed by atoms with van der Waals surface area (Å²) in [4.78, 5) is 10.5. The number of hydrogen-bond donors (Lipinski definition) is 2. The Morgan fingerprint density at radius 2 is 2.00 bits per heavy atom. The quantitative estimate of drug-likeness (QED) is 0.506. The maximum atomic E-state index is 10.5.